The van der Waals surface area contributed by atoms with Crippen LogP contribution in [0.15, 0.2) is 16.7 Å². The fourth-order valence-electron chi connectivity index (χ4n) is 3.36. The number of halogens is 1. The molecule has 0 spiro atoms. The molecular formula is C20H30BrN3O4. The van der Waals surface area contributed by atoms with E-state index in [1.54, 1.807) is 6.07 Å². The lowest BCUT2D eigenvalue weighted by atomic mass is 10.0. The van der Waals surface area contributed by atoms with Crippen LogP contribution in [-0.2, 0) is 9.47 Å². The van der Waals surface area contributed by atoms with Crippen molar-refractivity contribution in [3.8, 4) is 0 Å². The van der Waals surface area contributed by atoms with E-state index in [0.29, 0.717) is 17.7 Å². The van der Waals surface area contributed by atoms with Crippen LogP contribution in [0.1, 0.15) is 57.9 Å². The van der Waals surface area contributed by atoms with Gasteiger partial charge in [0.05, 0.1) is 18.8 Å². The summed E-state index contributed by atoms with van der Waals surface area (Å²) in [5, 5.41) is 0. The van der Waals surface area contributed by atoms with Crippen molar-refractivity contribution in [2.45, 2.75) is 65.1 Å². The molecule has 0 bridgehead atoms. The first-order valence-electron chi connectivity index (χ1n) is 9.58. The summed E-state index contributed by atoms with van der Waals surface area (Å²) in [5.41, 5.74) is 0.624. The van der Waals surface area contributed by atoms with Crippen LogP contribution in [0.2, 0.25) is 0 Å². The van der Waals surface area contributed by atoms with E-state index in [0.717, 1.165) is 18.5 Å². The van der Waals surface area contributed by atoms with Crippen molar-refractivity contribution in [1.29, 1.82) is 0 Å². The molecule has 2 rings (SSSR count). The minimum Gasteiger partial charge on any atom is -0.464 e. The van der Waals surface area contributed by atoms with Crippen LogP contribution in [-0.4, -0.2) is 59.8 Å². The second-order valence-electron chi connectivity index (χ2n) is 8.07. The standard InChI is InChI=1S/C20H30BrN3O4/c1-7-8-14-12-23(13(2)11-24(14)19(26)28-20(3,4)5)16-10-9-15(18(25)27-6)22-17(16)21/h9-10,13-14H,7-8,11-12H2,1-6H3/t13-,14+/m1/s1. The van der Waals surface area contributed by atoms with Gasteiger partial charge in [-0.05, 0) is 62.2 Å². The minimum absolute atomic E-state index is 0.0447. The number of piperazine rings is 1. The third-order valence-electron chi connectivity index (χ3n) is 4.62. The van der Waals surface area contributed by atoms with Crippen LogP contribution < -0.4 is 4.90 Å². The second-order valence-corrected chi connectivity index (χ2v) is 8.83. The molecule has 2 heterocycles. The third kappa shape index (κ3) is 5.37. The molecule has 0 N–H and O–H groups in total. The normalized spacial score (nSPS) is 20.1. The summed E-state index contributed by atoms with van der Waals surface area (Å²) in [6.07, 6.45) is 1.58. The zero-order chi connectivity index (χ0) is 21.1. The van der Waals surface area contributed by atoms with E-state index in [4.69, 9.17) is 9.47 Å². The van der Waals surface area contributed by atoms with Crippen LogP contribution in [0.3, 0.4) is 0 Å². The lowest BCUT2D eigenvalue weighted by Gasteiger charge is -2.46. The van der Waals surface area contributed by atoms with Crippen LogP contribution in [0.5, 0.6) is 0 Å². The number of esters is 1. The predicted octanol–water partition coefficient (Wildman–Crippen LogP) is 4.25. The first kappa shape index (κ1) is 22.5. The monoisotopic (exact) mass is 455 g/mol. The first-order chi connectivity index (χ1) is 13.1. The number of pyridine rings is 1. The highest BCUT2D eigenvalue weighted by Crippen LogP contribution is 2.31. The number of carbonyl (C=O) groups excluding carboxylic acids is 2. The Morgan fingerprint density at radius 2 is 1.96 bits per heavy atom. The van der Waals surface area contributed by atoms with E-state index < -0.39 is 11.6 Å². The second kappa shape index (κ2) is 9.11. The molecule has 1 saturated heterocycles. The Labute approximate surface area is 175 Å². The molecule has 1 amide bonds. The number of hydrogen-bond donors (Lipinski definition) is 0. The van der Waals surface area contributed by atoms with Gasteiger partial charge in [0.15, 0.2) is 0 Å². The summed E-state index contributed by atoms with van der Waals surface area (Å²) >= 11 is 3.48. The van der Waals surface area contributed by atoms with Crippen LogP contribution >= 0.6 is 15.9 Å². The molecule has 1 aromatic rings. The number of hydrogen-bond acceptors (Lipinski definition) is 6. The van der Waals surface area contributed by atoms with Crippen molar-refractivity contribution in [2.75, 3.05) is 25.1 Å². The first-order valence-corrected chi connectivity index (χ1v) is 10.4. The van der Waals surface area contributed by atoms with Gasteiger partial charge in [0.25, 0.3) is 0 Å². The lowest BCUT2D eigenvalue weighted by molar-refractivity contribution is 0.00999. The van der Waals surface area contributed by atoms with E-state index >= 15 is 0 Å². The Morgan fingerprint density at radius 1 is 1.29 bits per heavy atom. The molecule has 1 fully saturated rings. The number of ether oxygens (including phenoxy) is 2. The van der Waals surface area contributed by atoms with E-state index in [2.05, 4.69) is 39.7 Å². The summed E-state index contributed by atoms with van der Waals surface area (Å²) in [5.74, 6) is -0.473. The summed E-state index contributed by atoms with van der Waals surface area (Å²) in [6.45, 7) is 11.1. The van der Waals surface area contributed by atoms with Crippen LogP contribution in [0, 0.1) is 0 Å². The molecule has 2 atom stereocenters. The van der Waals surface area contributed by atoms with Gasteiger partial charge < -0.3 is 19.3 Å². The highest BCUT2D eigenvalue weighted by atomic mass is 79.9. The van der Waals surface area contributed by atoms with Gasteiger partial charge in [0, 0.05) is 19.1 Å². The Bertz CT molecular complexity index is 720. The van der Waals surface area contributed by atoms with Gasteiger partial charge in [-0.15, -0.1) is 0 Å². The Balaban J connectivity index is 2.25. The number of methoxy groups -OCH3 is 1. The molecule has 0 aromatic carbocycles. The van der Waals surface area contributed by atoms with Gasteiger partial charge in [0.1, 0.15) is 15.9 Å². The molecule has 1 aromatic heterocycles. The average Bonchev–Trinajstić information content (AvgIpc) is 2.61. The van der Waals surface area contributed by atoms with Crippen molar-refractivity contribution in [1.82, 2.24) is 9.88 Å². The molecule has 0 radical (unpaired) electrons. The summed E-state index contributed by atoms with van der Waals surface area (Å²) in [7, 11) is 1.33. The molecule has 28 heavy (non-hydrogen) atoms. The number of anilines is 1. The Morgan fingerprint density at radius 3 is 2.50 bits per heavy atom. The molecule has 0 saturated carbocycles. The molecular weight excluding hydrogens is 426 g/mol. The Kier molecular flexibility index (Phi) is 7.31. The van der Waals surface area contributed by atoms with E-state index in [9.17, 15) is 9.59 Å². The fourth-order valence-corrected chi connectivity index (χ4v) is 3.91. The van der Waals surface area contributed by atoms with Gasteiger partial charge in [-0.3, -0.25) is 0 Å². The topological polar surface area (TPSA) is 72.0 Å². The average molecular weight is 456 g/mol. The molecule has 7 nitrogen and oxygen atoms in total. The number of carbonyl (C=O) groups is 2. The van der Waals surface area contributed by atoms with E-state index in [1.807, 2.05) is 31.7 Å². The molecule has 0 unspecified atom stereocenters. The van der Waals surface area contributed by atoms with Gasteiger partial charge in [-0.25, -0.2) is 14.6 Å². The highest BCUT2D eigenvalue weighted by Gasteiger charge is 2.37. The van der Waals surface area contributed by atoms with Gasteiger partial charge in [0.2, 0.25) is 0 Å². The summed E-state index contributed by atoms with van der Waals surface area (Å²) in [6, 6.07) is 3.64. The highest BCUT2D eigenvalue weighted by molar-refractivity contribution is 9.10. The number of amides is 1. The largest absolute Gasteiger partial charge is 0.464 e. The molecule has 156 valence electrons. The number of rotatable bonds is 4. The predicted molar refractivity (Wildman–Crippen MR) is 112 cm³/mol. The molecule has 1 aliphatic rings. The zero-order valence-corrected chi connectivity index (χ0v) is 19.1. The van der Waals surface area contributed by atoms with Crippen LogP contribution in [0.25, 0.3) is 0 Å². The van der Waals surface area contributed by atoms with Crippen molar-refractivity contribution in [2.24, 2.45) is 0 Å². The quantitative estimate of drug-likeness (QED) is 0.499. The SMILES string of the molecule is CCC[C@H]1CN(c2ccc(C(=O)OC)nc2Br)[C@H](C)CN1C(=O)OC(C)(C)C. The fraction of sp³-hybridized carbons (Fsp3) is 0.650. The number of aromatic nitrogens is 1. The molecule has 0 aliphatic carbocycles. The summed E-state index contributed by atoms with van der Waals surface area (Å²) in [4.78, 5) is 32.8. The minimum atomic E-state index is -0.523. The van der Waals surface area contributed by atoms with Crippen molar-refractivity contribution in [3.63, 3.8) is 0 Å². The van der Waals surface area contributed by atoms with Crippen molar-refractivity contribution in [3.05, 3.63) is 22.4 Å². The number of nitrogens with zero attached hydrogens (tertiary/aromatic N) is 3. The van der Waals surface area contributed by atoms with Gasteiger partial charge >= 0.3 is 12.1 Å². The third-order valence-corrected chi connectivity index (χ3v) is 5.21. The van der Waals surface area contributed by atoms with Gasteiger partial charge in [-0.2, -0.15) is 0 Å². The smallest absolute Gasteiger partial charge is 0.410 e. The zero-order valence-electron chi connectivity index (χ0n) is 17.5. The van der Waals surface area contributed by atoms with Crippen molar-refractivity contribution < 1.29 is 19.1 Å². The maximum Gasteiger partial charge on any atom is 0.410 e. The maximum atomic E-state index is 12.7. The Hall–Kier alpha value is -1.83. The maximum absolute atomic E-state index is 12.7. The molecule has 1 aliphatic heterocycles. The molecule has 8 heteroatoms. The summed E-state index contributed by atoms with van der Waals surface area (Å²) < 4.78 is 10.9. The van der Waals surface area contributed by atoms with E-state index in [1.165, 1.54) is 7.11 Å². The van der Waals surface area contributed by atoms with Gasteiger partial charge in [-0.1, -0.05) is 13.3 Å². The van der Waals surface area contributed by atoms with Crippen LogP contribution in [0.4, 0.5) is 10.5 Å². The van der Waals surface area contributed by atoms with E-state index in [-0.39, 0.29) is 23.9 Å². The van der Waals surface area contributed by atoms with Crippen molar-refractivity contribution >= 4 is 33.7 Å². The lowest BCUT2D eigenvalue weighted by Crippen LogP contribution is -2.60.